The molecular weight excluding hydrogens is 358 g/mol. The van der Waals surface area contributed by atoms with Gasteiger partial charge in [0.05, 0.1) is 0 Å². The van der Waals surface area contributed by atoms with Gasteiger partial charge in [-0.1, -0.05) is 36.4 Å². The lowest BCUT2D eigenvalue weighted by Crippen LogP contribution is -2.33. The van der Waals surface area contributed by atoms with Gasteiger partial charge in [-0.25, -0.2) is 9.59 Å². The van der Waals surface area contributed by atoms with Crippen LogP contribution in [0, 0.1) is 0 Å². The zero-order valence-corrected chi connectivity index (χ0v) is 16.2. The average molecular weight is 383 g/mol. The van der Waals surface area contributed by atoms with Gasteiger partial charge in [-0.15, -0.1) is 0 Å². The van der Waals surface area contributed by atoms with E-state index >= 15 is 0 Å². The zero-order valence-electron chi connectivity index (χ0n) is 16.2. The summed E-state index contributed by atoms with van der Waals surface area (Å²) in [5.41, 5.74) is 1.80. The third kappa shape index (κ3) is 5.19. The quantitative estimate of drug-likeness (QED) is 0.656. The van der Waals surface area contributed by atoms with Crippen LogP contribution in [0.5, 0.6) is 5.75 Å². The number of rotatable bonds is 9. The van der Waals surface area contributed by atoms with E-state index in [0.29, 0.717) is 43.3 Å². The number of aromatic carboxylic acids is 1. The Bertz CT molecular complexity index is 828. The fourth-order valence-corrected chi connectivity index (χ4v) is 3.04. The highest BCUT2D eigenvalue weighted by molar-refractivity contribution is 5.94. The van der Waals surface area contributed by atoms with Gasteiger partial charge in [0.1, 0.15) is 11.8 Å². The van der Waals surface area contributed by atoms with Crippen LogP contribution in [0.1, 0.15) is 52.1 Å². The van der Waals surface area contributed by atoms with E-state index < -0.39 is 12.1 Å². The maximum absolute atomic E-state index is 12.4. The fourth-order valence-electron chi connectivity index (χ4n) is 3.04. The number of amides is 1. The van der Waals surface area contributed by atoms with E-state index in [0.717, 1.165) is 12.0 Å². The van der Waals surface area contributed by atoms with Gasteiger partial charge in [0.2, 0.25) is 0 Å². The highest BCUT2D eigenvalue weighted by atomic mass is 16.6. The molecule has 0 saturated heterocycles. The molecule has 0 aromatic heterocycles. The van der Waals surface area contributed by atoms with Crippen LogP contribution >= 0.6 is 0 Å². The molecule has 1 amide bonds. The number of aryl methyl sites for hydroxylation is 1. The smallest absolute Gasteiger partial charge is 0.415 e. The number of benzene rings is 2. The molecule has 2 rings (SSSR count). The molecular formula is C22H25NO5. The molecule has 6 heteroatoms. The minimum atomic E-state index is -1.20. The predicted molar refractivity (Wildman–Crippen MR) is 106 cm³/mol. The van der Waals surface area contributed by atoms with Crippen LogP contribution < -0.4 is 4.74 Å². The Morgan fingerprint density at radius 1 is 1.04 bits per heavy atom. The van der Waals surface area contributed by atoms with Crippen molar-refractivity contribution in [3.63, 3.8) is 0 Å². The molecule has 0 radical (unpaired) electrons. The summed E-state index contributed by atoms with van der Waals surface area (Å²) < 4.78 is 5.47. The summed E-state index contributed by atoms with van der Waals surface area (Å²) in [5, 5.41) is 9.53. The van der Waals surface area contributed by atoms with Gasteiger partial charge >= 0.3 is 12.1 Å². The summed E-state index contributed by atoms with van der Waals surface area (Å²) in [6.07, 6.45) is 1.91. The first-order chi connectivity index (χ1) is 13.5. The van der Waals surface area contributed by atoms with Crippen LogP contribution in [0.25, 0.3) is 0 Å². The number of carbonyl (C=O) groups is 3. The van der Waals surface area contributed by atoms with E-state index in [2.05, 4.69) is 0 Å². The molecule has 2 aromatic carbocycles. The lowest BCUT2D eigenvalue weighted by Gasteiger charge is -2.21. The maximum Gasteiger partial charge on any atom is 0.415 e. The normalized spacial score (nSPS) is 10.4. The van der Waals surface area contributed by atoms with Crippen molar-refractivity contribution in [1.29, 1.82) is 0 Å². The second kappa shape index (κ2) is 10.3. The highest BCUT2D eigenvalue weighted by Gasteiger charge is 2.23. The molecule has 0 aliphatic heterocycles. The van der Waals surface area contributed by atoms with Gasteiger partial charge in [-0.05, 0) is 44.7 Å². The van der Waals surface area contributed by atoms with Crippen LogP contribution in [0.15, 0.2) is 42.5 Å². The Morgan fingerprint density at radius 3 is 2.29 bits per heavy atom. The third-order valence-electron chi connectivity index (χ3n) is 4.60. The Balaban J connectivity index is 2.34. The van der Waals surface area contributed by atoms with E-state index in [1.54, 1.807) is 0 Å². The number of nitrogens with zero attached hydrogens (tertiary/aromatic N) is 1. The minimum absolute atomic E-state index is 0.0398. The monoisotopic (exact) mass is 383 g/mol. The molecule has 0 spiro atoms. The fraction of sp³-hybridized carbons (Fsp3) is 0.318. The number of carboxylic acids is 1. The predicted octanol–water partition coefficient (Wildman–Crippen LogP) is 4.21. The van der Waals surface area contributed by atoms with Crippen molar-refractivity contribution in [3.8, 4) is 5.75 Å². The first kappa shape index (κ1) is 21.2. The second-order valence-corrected chi connectivity index (χ2v) is 6.31. The lowest BCUT2D eigenvalue weighted by molar-refractivity contribution is 0.0692. The number of ether oxygens (including phenoxy) is 1. The Kier molecular flexibility index (Phi) is 7.75. The first-order valence-corrected chi connectivity index (χ1v) is 9.36. The standard InChI is InChI=1S/C22H25NO5/c1-3-23(4-2)22(27)28-20-18(12-8-11-16-9-6-5-7-10-16)17(15-24)13-14-19(20)21(25)26/h5-7,9-10,13-15H,3-4,8,11-12H2,1-2H3,(H,25,26). The Labute approximate surface area is 164 Å². The Hall–Kier alpha value is -3.15. The molecule has 0 atom stereocenters. The van der Waals surface area contributed by atoms with Crippen LogP contribution in [0.3, 0.4) is 0 Å². The van der Waals surface area contributed by atoms with Gasteiger partial charge in [0.15, 0.2) is 5.75 Å². The van der Waals surface area contributed by atoms with Crippen molar-refractivity contribution in [2.75, 3.05) is 13.1 Å². The van der Waals surface area contributed by atoms with Crippen molar-refractivity contribution in [1.82, 2.24) is 4.90 Å². The summed E-state index contributed by atoms with van der Waals surface area (Å²) in [6, 6.07) is 12.6. The van der Waals surface area contributed by atoms with Crippen LogP contribution in [-0.2, 0) is 12.8 Å². The summed E-state index contributed by atoms with van der Waals surface area (Å²) in [5.74, 6) is -1.24. The largest absolute Gasteiger partial charge is 0.478 e. The number of carbonyl (C=O) groups excluding carboxylic acids is 2. The van der Waals surface area contributed by atoms with E-state index in [1.165, 1.54) is 17.0 Å². The van der Waals surface area contributed by atoms with Crippen LogP contribution in [0.2, 0.25) is 0 Å². The summed E-state index contributed by atoms with van der Waals surface area (Å²) in [7, 11) is 0. The zero-order chi connectivity index (χ0) is 20.5. The molecule has 0 fully saturated rings. The number of carboxylic acid groups (broad SMARTS) is 1. The molecule has 0 unspecified atom stereocenters. The Morgan fingerprint density at radius 2 is 1.71 bits per heavy atom. The van der Waals surface area contributed by atoms with Crippen molar-refractivity contribution in [3.05, 3.63) is 64.7 Å². The second-order valence-electron chi connectivity index (χ2n) is 6.31. The molecule has 0 heterocycles. The van der Waals surface area contributed by atoms with Gasteiger partial charge in [-0.3, -0.25) is 4.79 Å². The number of hydrogen-bond donors (Lipinski definition) is 1. The first-order valence-electron chi connectivity index (χ1n) is 9.36. The van der Waals surface area contributed by atoms with Crippen LogP contribution in [0.4, 0.5) is 4.79 Å². The molecule has 28 heavy (non-hydrogen) atoms. The summed E-state index contributed by atoms with van der Waals surface area (Å²) >= 11 is 0. The molecule has 1 N–H and O–H groups in total. The van der Waals surface area contributed by atoms with E-state index in [4.69, 9.17) is 4.74 Å². The highest BCUT2D eigenvalue weighted by Crippen LogP contribution is 2.29. The van der Waals surface area contributed by atoms with E-state index in [-0.39, 0.29) is 11.3 Å². The van der Waals surface area contributed by atoms with Crippen LogP contribution in [-0.4, -0.2) is 41.4 Å². The third-order valence-corrected chi connectivity index (χ3v) is 4.60. The molecule has 2 aromatic rings. The average Bonchev–Trinajstić information content (AvgIpc) is 2.70. The molecule has 0 aliphatic carbocycles. The molecule has 148 valence electrons. The molecule has 0 saturated carbocycles. The van der Waals surface area contributed by atoms with Gasteiger partial charge in [0, 0.05) is 24.2 Å². The van der Waals surface area contributed by atoms with Crippen molar-refractivity contribution >= 4 is 18.3 Å². The molecule has 0 bridgehead atoms. The number of hydrogen-bond acceptors (Lipinski definition) is 4. The summed E-state index contributed by atoms with van der Waals surface area (Å²) in [4.78, 5) is 37.1. The van der Waals surface area contributed by atoms with Crippen molar-refractivity contribution in [2.24, 2.45) is 0 Å². The van der Waals surface area contributed by atoms with Gasteiger partial charge in [-0.2, -0.15) is 0 Å². The van der Waals surface area contributed by atoms with Crippen molar-refractivity contribution < 1.29 is 24.2 Å². The minimum Gasteiger partial charge on any atom is -0.478 e. The maximum atomic E-state index is 12.4. The van der Waals surface area contributed by atoms with E-state index in [1.807, 2.05) is 44.2 Å². The topological polar surface area (TPSA) is 83.9 Å². The van der Waals surface area contributed by atoms with Gasteiger partial charge < -0.3 is 14.7 Å². The summed E-state index contributed by atoms with van der Waals surface area (Å²) in [6.45, 7) is 4.50. The molecule has 6 nitrogen and oxygen atoms in total. The van der Waals surface area contributed by atoms with Gasteiger partial charge in [0.25, 0.3) is 0 Å². The number of aldehydes is 1. The lowest BCUT2D eigenvalue weighted by atomic mass is 9.96. The van der Waals surface area contributed by atoms with E-state index in [9.17, 15) is 19.5 Å². The SMILES string of the molecule is CCN(CC)C(=O)Oc1c(C(=O)O)ccc(C=O)c1CCCc1ccccc1. The molecule has 0 aliphatic rings. The van der Waals surface area contributed by atoms with Crippen molar-refractivity contribution in [2.45, 2.75) is 33.1 Å².